The molecule has 0 atom stereocenters. The average molecular weight is 369 g/mol. The second-order valence-electron chi connectivity index (χ2n) is 4.31. The second kappa shape index (κ2) is 6.74. The van der Waals surface area contributed by atoms with Crippen LogP contribution in [0.1, 0.15) is 15.9 Å². The summed E-state index contributed by atoms with van der Waals surface area (Å²) in [6, 6.07) is 11.7. The van der Waals surface area contributed by atoms with Gasteiger partial charge in [-0.05, 0) is 29.8 Å². The van der Waals surface area contributed by atoms with E-state index < -0.39 is 5.97 Å². The maximum Gasteiger partial charge on any atom is 0.307 e. The monoisotopic (exact) mass is 367 g/mol. The lowest BCUT2D eigenvalue weighted by atomic mass is 10.1. The van der Waals surface area contributed by atoms with Crippen LogP contribution in [0.15, 0.2) is 46.9 Å². The van der Waals surface area contributed by atoms with Crippen molar-refractivity contribution in [3.63, 3.8) is 0 Å². The van der Waals surface area contributed by atoms with Crippen LogP contribution in [0.2, 0.25) is 5.02 Å². The molecule has 2 aromatic carbocycles. The van der Waals surface area contributed by atoms with Gasteiger partial charge >= 0.3 is 5.97 Å². The summed E-state index contributed by atoms with van der Waals surface area (Å²) < 4.78 is 0.732. The minimum Gasteiger partial charge on any atom is -0.481 e. The highest BCUT2D eigenvalue weighted by molar-refractivity contribution is 9.10. The normalized spacial score (nSPS) is 10.2. The molecule has 0 saturated carbocycles. The van der Waals surface area contributed by atoms with Crippen molar-refractivity contribution in [2.75, 3.05) is 5.32 Å². The van der Waals surface area contributed by atoms with Gasteiger partial charge in [-0.2, -0.15) is 0 Å². The van der Waals surface area contributed by atoms with Crippen LogP contribution in [-0.2, 0) is 11.2 Å². The van der Waals surface area contributed by atoms with E-state index in [1.165, 1.54) is 0 Å². The van der Waals surface area contributed by atoms with Crippen LogP contribution in [0.5, 0.6) is 0 Å². The summed E-state index contributed by atoms with van der Waals surface area (Å²) in [5.41, 5.74) is 1.31. The Kier molecular flexibility index (Phi) is 4.98. The topological polar surface area (TPSA) is 66.4 Å². The Balaban J connectivity index is 2.27. The fourth-order valence-corrected chi connectivity index (χ4v) is 2.38. The van der Waals surface area contributed by atoms with Gasteiger partial charge in [0.15, 0.2) is 0 Å². The van der Waals surface area contributed by atoms with E-state index in [-0.39, 0.29) is 12.3 Å². The van der Waals surface area contributed by atoms with Gasteiger partial charge in [-0.1, -0.05) is 45.7 Å². The van der Waals surface area contributed by atoms with Gasteiger partial charge in [-0.15, -0.1) is 0 Å². The first kappa shape index (κ1) is 15.5. The molecule has 0 fully saturated rings. The number of hydrogen-bond donors (Lipinski definition) is 2. The number of rotatable bonds is 4. The third kappa shape index (κ3) is 4.06. The van der Waals surface area contributed by atoms with Gasteiger partial charge < -0.3 is 10.4 Å². The molecule has 0 aliphatic carbocycles. The molecule has 0 aliphatic heterocycles. The number of para-hydroxylation sites is 1. The summed E-state index contributed by atoms with van der Waals surface area (Å²) in [4.78, 5) is 23.1. The molecule has 0 heterocycles. The van der Waals surface area contributed by atoms with E-state index in [1.807, 2.05) is 0 Å². The third-order valence-electron chi connectivity index (χ3n) is 2.78. The van der Waals surface area contributed by atoms with Gasteiger partial charge in [0.2, 0.25) is 0 Å². The Morgan fingerprint density at radius 2 is 1.90 bits per heavy atom. The number of anilines is 1. The summed E-state index contributed by atoms with van der Waals surface area (Å²) in [5, 5.41) is 11.9. The Bertz CT molecular complexity index is 703. The number of benzene rings is 2. The highest BCUT2D eigenvalue weighted by atomic mass is 79.9. The molecule has 108 valence electrons. The lowest BCUT2D eigenvalue weighted by Crippen LogP contribution is -2.15. The summed E-state index contributed by atoms with van der Waals surface area (Å²) in [6.07, 6.45) is -0.164. The standard InChI is InChI=1S/C15H11BrClNO3/c16-10-5-6-12(17)11(8-10)15(21)18-13-4-2-1-3-9(13)7-14(19)20/h1-6,8H,7H2,(H,18,21)(H,19,20). The first-order chi connectivity index (χ1) is 9.97. The SMILES string of the molecule is O=C(O)Cc1ccccc1NC(=O)c1cc(Br)ccc1Cl. The van der Waals surface area contributed by atoms with Gasteiger partial charge in [0.1, 0.15) is 0 Å². The molecule has 2 rings (SSSR count). The van der Waals surface area contributed by atoms with Crippen LogP contribution in [0.3, 0.4) is 0 Å². The number of carboxylic acids is 1. The van der Waals surface area contributed by atoms with Crippen molar-refractivity contribution in [2.45, 2.75) is 6.42 Å². The minimum atomic E-state index is -0.961. The van der Waals surface area contributed by atoms with Crippen molar-refractivity contribution in [2.24, 2.45) is 0 Å². The molecule has 0 aliphatic rings. The molecule has 0 bridgehead atoms. The molecule has 0 aromatic heterocycles. The lowest BCUT2D eigenvalue weighted by molar-refractivity contribution is -0.136. The number of halogens is 2. The Morgan fingerprint density at radius 3 is 2.62 bits per heavy atom. The first-order valence-corrected chi connectivity index (χ1v) is 7.20. The summed E-state index contributed by atoms with van der Waals surface area (Å²) >= 11 is 9.29. The number of aliphatic carboxylic acids is 1. The van der Waals surface area contributed by atoms with E-state index in [1.54, 1.807) is 42.5 Å². The maximum absolute atomic E-state index is 12.3. The second-order valence-corrected chi connectivity index (χ2v) is 5.63. The van der Waals surface area contributed by atoms with E-state index in [9.17, 15) is 9.59 Å². The molecule has 0 spiro atoms. The summed E-state index contributed by atoms with van der Waals surface area (Å²) in [6.45, 7) is 0. The zero-order valence-electron chi connectivity index (χ0n) is 10.8. The number of hydrogen-bond acceptors (Lipinski definition) is 2. The summed E-state index contributed by atoms with van der Waals surface area (Å²) in [5.74, 6) is -1.35. The molecular formula is C15H11BrClNO3. The first-order valence-electron chi connectivity index (χ1n) is 6.03. The molecular weight excluding hydrogens is 358 g/mol. The number of amides is 1. The average Bonchev–Trinajstić information content (AvgIpc) is 2.43. The predicted octanol–water partition coefficient (Wildman–Crippen LogP) is 3.98. The highest BCUT2D eigenvalue weighted by Crippen LogP contribution is 2.23. The number of carbonyl (C=O) groups excluding carboxylic acids is 1. The number of carbonyl (C=O) groups is 2. The zero-order valence-corrected chi connectivity index (χ0v) is 13.1. The molecule has 0 saturated heterocycles. The van der Waals surface area contributed by atoms with E-state index in [2.05, 4.69) is 21.2 Å². The number of carboxylic acid groups (broad SMARTS) is 1. The van der Waals surface area contributed by atoms with Gasteiger partial charge in [0.25, 0.3) is 5.91 Å². The van der Waals surface area contributed by atoms with Crippen molar-refractivity contribution in [1.82, 2.24) is 0 Å². The fraction of sp³-hybridized carbons (Fsp3) is 0.0667. The minimum absolute atomic E-state index is 0.164. The van der Waals surface area contributed by atoms with Crippen LogP contribution < -0.4 is 5.32 Å². The Hall–Kier alpha value is -1.85. The molecule has 2 aromatic rings. The quantitative estimate of drug-likeness (QED) is 0.858. The lowest BCUT2D eigenvalue weighted by Gasteiger charge is -2.10. The Labute approximate surface area is 134 Å². The fourth-order valence-electron chi connectivity index (χ4n) is 1.82. The third-order valence-corrected chi connectivity index (χ3v) is 3.60. The molecule has 6 heteroatoms. The van der Waals surface area contributed by atoms with Crippen molar-refractivity contribution >= 4 is 45.1 Å². The molecule has 2 N–H and O–H groups in total. The van der Waals surface area contributed by atoms with Crippen molar-refractivity contribution in [1.29, 1.82) is 0 Å². The van der Waals surface area contributed by atoms with Gasteiger partial charge in [0.05, 0.1) is 17.0 Å². The van der Waals surface area contributed by atoms with E-state index in [0.29, 0.717) is 21.8 Å². The smallest absolute Gasteiger partial charge is 0.307 e. The van der Waals surface area contributed by atoms with Crippen LogP contribution in [0, 0.1) is 0 Å². The number of nitrogens with one attached hydrogen (secondary N) is 1. The van der Waals surface area contributed by atoms with E-state index in [0.717, 1.165) is 4.47 Å². The van der Waals surface area contributed by atoms with Crippen molar-refractivity contribution in [3.05, 3.63) is 63.1 Å². The Morgan fingerprint density at radius 1 is 1.19 bits per heavy atom. The zero-order chi connectivity index (χ0) is 15.4. The molecule has 0 radical (unpaired) electrons. The molecule has 4 nitrogen and oxygen atoms in total. The van der Waals surface area contributed by atoms with Gasteiger partial charge in [-0.3, -0.25) is 9.59 Å². The van der Waals surface area contributed by atoms with Crippen LogP contribution in [0.4, 0.5) is 5.69 Å². The largest absolute Gasteiger partial charge is 0.481 e. The van der Waals surface area contributed by atoms with Crippen molar-refractivity contribution in [3.8, 4) is 0 Å². The van der Waals surface area contributed by atoms with Gasteiger partial charge in [-0.25, -0.2) is 0 Å². The van der Waals surface area contributed by atoms with Crippen LogP contribution in [-0.4, -0.2) is 17.0 Å². The molecule has 1 amide bonds. The summed E-state index contributed by atoms with van der Waals surface area (Å²) in [7, 11) is 0. The maximum atomic E-state index is 12.3. The molecule has 0 unspecified atom stereocenters. The van der Waals surface area contributed by atoms with E-state index in [4.69, 9.17) is 16.7 Å². The van der Waals surface area contributed by atoms with Gasteiger partial charge in [0, 0.05) is 10.2 Å². The van der Waals surface area contributed by atoms with Crippen molar-refractivity contribution < 1.29 is 14.7 Å². The predicted molar refractivity (Wildman–Crippen MR) is 84.9 cm³/mol. The molecule has 21 heavy (non-hydrogen) atoms. The van der Waals surface area contributed by atoms with Crippen LogP contribution >= 0.6 is 27.5 Å². The van der Waals surface area contributed by atoms with E-state index >= 15 is 0 Å². The van der Waals surface area contributed by atoms with Crippen LogP contribution in [0.25, 0.3) is 0 Å². The highest BCUT2D eigenvalue weighted by Gasteiger charge is 2.14.